The van der Waals surface area contributed by atoms with E-state index in [-0.39, 0.29) is 5.91 Å². The highest BCUT2D eigenvalue weighted by Crippen LogP contribution is 2.20. The second kappa shape index (κ2) is 4.03. The molecule has 0 radical (unpaired) electrons. The molecular formula is C12H16N2O. The van der Waals surface area contributed by atoms with E-state index >= 15 is 0 Å². The Morgan fingerprint density at radius 1 is 1.40 bits per heavy atom. The molecule has 15 heavy (non-hydrogen) atoms. The van der Waals surface area contributed by atoms with Crippen molar-refractivity contribution in [2.75, 3.05) is 0 Å². The fraction of sp³-hybridized carbons (Fsp3) is 0.417. The topological polar surface area (TPSA) is 55.1 Å². The third kappa shape index (κ3) is 2.57. The van der Waals surface area contributed by atoms with Crippen molar-refractivity contribution < 1.29 is 4.79 Å². The van der Waals surface area contributed by atoms with Crippen LogP contribution in [0.2, 0.25) is 0 Å². The maximum absolute atomic E-state index is 11.6. The SMILES string of the molecule is Cc1ccc(C(N)C(=O)NC2CC2)cc1. The lowest BCUT2D eigenvalue weighted by Gasteiger charge is -2.12. The van der Waals surface area contributed by atoms with Gasteiger partial charge in [-0.25, -0.2) is 0 Å². The number of rotatable bonds is 3. The van der Waals surface area contributed by atoms with Crippen LogP contribution in [0.4, 0.5) is 0 Å². The average molecular weight is 204 g/mol. The van der Waals surface area contributed by atoms with Gasteiger partial charge in [-0.3, -0.25) is 4.79 Å². The van der Waals surface area contributed by atoms with Crippen LogP contribution in [-0.4, -0.2) is 11.9 Å². The number of carbonyl (C=O) groups excluding carboxylic acids is 1. The zero-order valence-corrected chi connectivity index (χ0v) is 8.86. The molecule has 0 bridgehead atoms. The van der Waals surface area contributed by atoms with Gasteiger partial charge in [0.15, 0.2) is 0 Å². The molecule has 2 rings (SSSR count). The predicted octanol–water partition coefficient (Wildman–Crippen LogP) is 1.27. The summed E-state index contributed by atoms with van der Waals surface area (Å²) in [6.07, 6.45) is 2.18. The van der Waals surface area contributed by atoms with Crippen molar-refractivity contribution in [2.45, 2.75) is 31.8 Å². The van der Waals surface area contributed by atoms with Gasteiger partial charge in [-0.15, -0.1) is 0 Å². The molecule has 0 spiro atoms. The van der Waals surface area contributed by atoms with E-state index in [4.69, 9.17) is 5.73 Å². The van der Waals surface area contributed by atoms with Crippen molar-refractivity contribution in [1.29, 1.82) is 0 Å². The molecule has 1 fully saturated rings. The van der Waals surface area contributed by atoms with E-state index in [2.05, 4.69) is 5.32 Å². The van der Waals surface area contributed by atoms with Gasteiger partial charge in [0.1, 0.15) is 6.04 Å². The van der Waals surface area contributed by atoms with Gasteiger partial charge in [-0.2, -0.15) is 0 Å². The third-order valence-electron chi connectivity index (χ3n) is 2.64. The van der Waals surface area contributed by atoms with Gasteiger partial charge in [0.05, 0.1) is 0 Å². The van der Waals surface area contributed by atoms with Crippen LogP contribution in [0.15, 0.2) is 24.3 Å². The summed E-state index contributed by atoms with van der Waals surface area (Å²) >= 11 is 0. The van der Waals surface area contributed by atoms with Gasteiger partial charge < -0.3 is 11.1 Å². The summed E-state index contributed by atoms with van der Waals surface area (Å²) < 4.78 is 0. The van der Waals surface area contributed by atoms with Crippen LogP contribution in [0.3, 0.4) is 0 Å². The Hall–Kier alpha value is -1.35. The Morgan fingerprint density at radius 2 is 2.00 bits per heavy atom. The summed E-state index contributed by atoms with van der Waals surface area (Å²) in [5, 5.41) is 2.90. The Kier molecular flexibility index (Phi) is 2.73. The highest BCUT2D eigenvalue weighted by molar-refractivity contribution is 5.83. The second-order valence-corrected chi connectivity index (χ2v) is 4.17. The van der Waals surface area contributed by atoms with Gasteiger partial charge >= 0.3 is 0 Å². The monoisotopic (exact) mass is 204 g/mol. The number of carbonyl (C=O) groups is 1. The second-order valence-electron chi connectivity index (χ2n) is 4.17. The molecule has 3 heteroatoms. The molecule has 1 aromatic carbocycles. The summed E-state index contributed by atoms with van der Waals surface area (Å²) in [6, 6.07) is 7.60. The largest absolute Gasteiger partial charge is 0.352 e. The third-order valence-corrected chi connectivity index (χ3v) is 2.64. The van der Waals surface area contributed by atoms with Gasteiger partial charge in [-0.1, -0.05) is 29.8 Å². The Balaban J connectivity index is 2.02. The van der Waals surface area contributed by atoms with Gasteiger partial charge in [-0.05, 0) is 25.3 Å². The Morgan fingerprint density at radius 3 is 2.53 bits per heavy atom. The lowest BCUT2D eigenvalue weighted by Crippen LogP contribution is -2.35. The first kappa shape index (κ1) is 10.2. The molecule has 1 aliphatic rings. The number of benzene rings is 1. The quantitative estimate of drug-likeness (QED) is 0.779. The molecule has 1 amide bonds. The zero-order valence-electron chi connectivity index (χ0n) is 8.86. The van der Waals surface area contributed by atoms with Crippen LogP contribution >= 0.6 is 0 Å². The van der Waals surface area contributed by atoms with Crippen molar-refractivity contribution in [3.05, 3.63) is 35.4 Å². The first-order valence-electron chi connectivity index (χ1n) is 5.29. The zero-order chi connectivity index (χ0) is 10.8. The summed E-state index contributed by atoms with van der Waals surface area (Å²) in [5.74, 6) is -0.0682. The van der Waals surface area contributed by atoms with Crippen LogP contribution in [-0.2, 0) is 4.79 Å². The number of hydrogen-bond donors (Lipinski definition) is 2. The highest BCUT2D eigenvalue weighted by Gasteiger charge is 2.26. The Bertz CT molecular complexity index is 354. The molecule has 1 aliphatic carbocycles. The minimum atomic E-state index is -0.536. The molecule has 1 unspecified atom stereocenters. The molecule has 0 heterocycles. The molecule has 0 aromatic heterocycles. The number of nitrogens with two attached hydrogens (primary N) is 1. The van der Waals surface area contributed by atoms with Crippen molar-refractivity contribution in [1.82, 2.24) is 5.32 Å². The molecule has 0 saturated heterocycles. The van der Waals surface area contributed by atoms with E-state index in [0.29, 0.717) is 6.04 Å². The summed E-state index contributed by atoms with van der Waals surface area (Å²) in [7, 11) is 0. The molecule has 0 aliphatic heterocycles. The molecule has 80 valence electrons. The maximum atomic E-state index is 11.6. The van der Waals surface area contributed by atoms with E-state index < -0.39 is 6.04 Å². The molecule has 1 atom stereocenters. The number of hydrogen-bond acceptors (Lipinski definition) is 2. The molecule has 1 saturated carbocycles. The van der Waals surface area contributed by atoms with E-state index in [1.54, 1.807) is 0 Å². The van der Waals surface area contributed by atoms with Crippen molar-refractivity contribution in [3.8, 4) is 0 Å². The first-order valence-corrected chi connectivity index (χ1v) is 5.29. The number of aryl methyl sites for hydroxylation is 1. The number of nitrogens with one attached hydrogen (secondary N) is 1. The van der Waals surface area contributed by atoms with Crippen molar-refractivity contribution in [3.63, 3.8) is 0 Å². The van der Waals surface area contributed by atoms with E-state index in [0.717, 1.165) is 18.4 Å². The predicted molar refractivity (Wildman–Crippen MR) is 59.3 cm³/mol. The Labute approximate surface area is 89.7 Å². The summed E-state index contributed by atoms with van der Waals surface area (Å²) in [4.78, 5) is 11.6. The van der Waals surface area contributed by atoms with E-state index in [9.17, 15) is 4.79 Å². The van der Waals surface area contributed by atoms with Gasteiger partial charge in [0, 0.05) is 6.04 Å². The van der Waals surface area contributed by atoms with Crippen LogP contribution in [0.1, 0.15) is 30.0 Å². The van der Waals surface area contributed by atoms with Gasteiger partial charge in [0.2, 0.25) is 5.91 Å². The smallest absolute Gasteiger partial charge is 0.241 e. The fourth-order valence-corrected chi connectivity index (χ4v) is 1.44. The average Bonchev–Trinajstić information content (AvgIpc) is 3.02. The van der Waals surface area contributed by atoms with Crippen LogP contribution in [0, 0.1) is 6.92 Å². The molecular weight excluding hydrogens is 188 g/mol. The minimum absolute atomic E-state index is 0.0682. The van der Waals surface area contributed by atoms with Crippen LogP contribution in [0.5, 0.6) is 0 Å². The van der Waals surface area contributed by atoms with E-state index in [1.807, 2.05) is 31.2 Å². The fourth-order valence-electron chi connectivity index (χ4n) is 1.44. The lowest BCUT2D eigenvalue weighted by atomic mass is 10.1. The molecule has 3 N–H and O–H groups in total. The van der Waals surface area contributed by atoms with Crippen molar-refractivity contribution in [2.24, 2.45) is 5.73 Å². The normalized spacial score (nSPS) is 17.2. The van der Waals surface area contributed by atoms with Crippen LogP contribution < -0.4 is 11.1 Å². The standard InChI is InChI=1S/C12H16N2O/c1-8-2-4-9(5-3-8)11(13)12(15)14-10-6-7-10/h2-5,10-11H,6-7,13H2,1H3,(H,14,15). The first-order chi connectivity index (χ1) is 7.16. The lowest BCUT2D eigenvalue weighted by molar-refractivity contribution is -0.122. The number of amides is 1. The van der Waals surface area contributed by atoms with E-state index in [1.165, 1.54) is 5.56 Å². The minimum Gasteiger partial charge on any atom is -0.352 e. The summed E-state index contributed by atoms with van der Waals surface area (Å²) in [5.41, 5.74) is 7.90. The van der Waals surface area contributed by atoms with Crippen LogP contribution in [0.25, 0.3) is 0 Å². The van der Waals surface area contributed by atoms with Gasteiger partial charge in [0.25, 0.3) is 0 Å². The summed E-state index contributed by atoms with van der Waals surface area (Å²) in [6.45, 7) is 2.01. The maximum Gasteiger partial charge on any atom is 0.241 e. The van der Waals surface area contributed by atoms with Crippen molar-refractivity contribution >= 4 is 5.91 Å². The molecule has 1 aromatic rings. The highest BCUT2D eigenvalue weighted by atomic mass is 16.2. The molecule has 3 nitrogen and oxygen atoms in total.